The Labute approximate surface area is 109 Å². The topological polar surface area (TPSA) is 60.0 Å². The van der Waals surface area contributed by atoms with Crippen molar-refractivity contribution in [2.45, 2.75) is 32.1 Å². The molecular formula is C11H18F3N5. The van der Waals surface area contributed by atoms with Crippen LogP contribution in [-0.2, 0) is 13.1 Å². The lowest BCUT2D eigenvalue weighted by Gasteiger charge is -2.32. The average molecular weight is 277 g/mol. The molecule has 1 aliphatic rings. The van der Waals surface area contributed by atoms with E-state index in [1.807, 2.05) is 4.90 Å². The fourth-order valence-electron chi connectivity index (χ4n) is 2.27. The minimum Gasteiger partial charge on any atom is -0.325 e. The third-order valence-electron chi connectivity index (χ3n) is 3.49. The van der Waals surface area contributed by atoms with E-state index in [1.165, 1.54) is 0 Å². The second-order valence-corrected chi connectivity index (χ2v) is 4.83. The van der Waals surface area contributed by atoms with Gasteiger partial charge in [0.25, 0.3) is 0 Å². The summed E-state index contributed by atoms with van der Waals surface area (Å²) in [5.41, 5.74) is 6.14. The Kier molecular flexibility index (Phi) is 4.41. The molecule has 8 heteroatoms. The van der Waals surface area contributed by atoms with Crippen LogP contribution >= 0.6 is 0 Å². The average Bonchev–Trinajstić information content (AvgIpc) is 2.84. The first-order valence-corrected chi connectivity index (χ1v) is 6.37. The summed E-state index contributed by atoms with van der Waals surface area (Å²) in [4.78, 5) is 2.03. The number of aromatic nitrogens is 3. The third kappa shape index (κ3) is 3.90. The van der Waals surface area contributed by atoms with Crippen molar-refractivity contribution in [2.24, 2.45) is 11.7 Å². The Balaban J connectivity index is 1.74. The summed E-state index contributed by atoms with van der Waals surface area (Å²) >= 11 is 0. The molecule has 0 unspecified atom stereocenters. The van der Waals surface area contributed by atoms with Crippen molar-refractivity contribution in [1.82, 2.24) is 19.9 Å². The Morgan fingerprint density at radius 3 is 2.47 bits per heavy atom. The summed E-state index contributed by atoms with van der Waals surface area (Å²) in [6.07, 6.45) is -1.90. The molecule has 1 aliphatic heterocycles. The van der Waals surface area contributed by atoms with Gasteiger partial charge in [0.15, 0.2) is 0 Å². The lowest BCUT2D eigenvalue weighted by molar-refractivity contribution is -0.185. The summed E-state index contributed by atoms with van der Waals surface area (Å²) in [5, 5.41) is 7.77. The molecule has 108 valence electrons. The lowest BCUT2D eigenvalue weighted by Crippen LogP contribution is -2.40. The van der Waals surface area contributed by atoms with Crippen molar-refractivity contribution < 1.29 is 13.2 Å². The van der Waals surface area contributed by atoms with Gasteiger partial charge in [-0.25, -0.2) is 0 Å². The van der Waals surface area contributed by atoms with Crippen LogP contribution in [0.5, 0.6) is 0 Å². The molecule has 0 aliphatic carbocycles. The molecule has 1 aromatic rings. The Hall–Kier alpha value is -1.15. The van der Waals surface area contributed by atoms with Gasteiger partial charge in [-0.2, -0.15) is 13.2 Å². The van der Waals surface area contributed by atoms with E-state index in [1.54, 1.807) is 10.9 Å². The summed E-state index contributed by atoms with van der Waals surface area (Å²) in [5.74, 6) is -1.14. The van der Waals surface area contributed by atoms with Gasteiger partial charge in [-0.05, 0) is 25.9 Å². The van der Waals surface area contributed by atoms with E-state index in [0.717, 1.165) is 5.69 Å². The van der Waals surface area contributed by atoms with Crippen LogP contribution in [0, 0.1) is 5.92 Å². The maximum atomic E-state index is 12.5. The number of hydrogen-bond donors (Lipinski definition) is 1. The summed E-state index contributed by atoms with van der Waals surface area (Å²) in [6.45, 7) is 2.64. The molecule has 0 spiro atoms. The van der Waals surface area contributed by atoms with E-state index in [2.05, 4.69) is 10.3 Å². The fraction of sp³-hybridized carbons (Fsp3) is 0.818. The van der Waals surface area contributed by atoms with E-state index >= 15 is 0 Å². The van der Waals surface area contributed by atoms with Crippen LogP contribution < -0.4 is 5.73 Å². The van der Waals surface area contributed by atoms with Gasteiger partial charge >= 0.3 is 6.18 Å². The molecule has 1 saturated heterocycles. The molecule has 0 atom stereocenters. The first-order valence-electron chi connectivity index (χ1n) is 6.37. The Morgan fingerprint density at radius 2 is 1.95 bits per heavy atom. The second-order valence-electron chi connectivity index (χ2n) is 4.83. The van der Waals surface area contributed by atoms with Crippen LogP contribution in [0.1, 0.15) is 18.5 Å². The molecule has 0 amide bonds. The number of nitrogens with two attached hydrogens (primary N) is 1. The molecule has 5 nitrogen and oxygen atoms in total. The van der Waals surface area contributed by atoms with E-state index < -0.39 is 12.1 Å². The molecule has 1 aromatic heterocycles. The van der Waals surface area contributed by atoms with Crippen LogP contribution in [0.3, 0.4) is 0 Å². The number of piperidine rings is 1. The number of hydrogen-bond acceptors (Lipinski definition) is 4. The largest absolute Gasteiger partial charge is 0.391 e. The molecule has 0 bridgehead atoms. The molecule has 2 rings (SSSR count). The highest BCUT2D eigenvalue weighted by Crippen LogP contribution is 2.33. The predicted octanol–water partition coefficient (Wildman–Crippen LogP) is 1.01. The molecule has 2 N–H and O–H groups in total. The monoisotopic (exact) mass is 277 g/mol. The smallest absolute Gasteiger partial charge is 0.325 e. The molecule has 19 heavy (non-hydrogen) atoms. The van der Waals surface area contributed by atoms with E-state index in [9.17, 15) is 13.2 Å². The normalized spacial score (nSPS) is 18.9. The Bertz CT molecular complexity index is 395. The quantitative estimate of drug-likeness (QED) is 0.892. The van der Waals surface area contributed by atoms with Crippen molar-refractivity contribution in [2.75, 3.05) is 19.6 Å². The molecular weight excluding hydrogens is 259 g/mol. The zero-order chi connectivity index (χ0) is 13.9. The van der Waals surface area contributed by atoms with Gasteiger partial charge < -0.3 is 10.6 Å². The van der Waals surface area contributed by atoms with Crippen LogP contribution in [0.15, 0.2) is 6.20 Å². The van der Waals surface area contributed by atoms with Crippen LogP contribution in [0.2, 0.25) is 0 Å². The van der Waals surface area contributed by atoms with Crippen molar-refractivity contribution in [3.8, 4) is 0 Å². The standard InChI is InChI=1S/C11H18F3N5/c12-11(13,14)9-1-3-18(4-2-9)5-6-19-8-10(7-15)16-17-19/h8-9H,1-7,15H2. The maximum Gasteiger partial charge on any atom is 0.391 e. The summed E-state index contributed by atoms with van der Waals surface area (Å²) in [7, 11) is 0. The maximum absolute atomic E-state index is 12.5. The minimum absolute atomic E-state index is 0.189. The number of rotatable bonds is 4. The summed E-state index contributed by atoms with van der Waals surface area (Å²) < 4.78 is 39.2. The number of likely N-dealkylation sites (tertiary alicyclic amines) is 1. The number of alkyl halides is 3. The fourth-order valence-corrected chi connectivity index (χ4v) is 2.27. The molecule has 2 heterocycles. The third-order valence-corrected chi connectivity index (χ3v) is 3.49. The van der Waals surface area contributed by atoms with Gasteiger partial charge in [0.1, 0.15) is 0 Å². The summed E-state index contributed by atoms with van der Waals surface area (Å²) in [6, 6.07) is 0. The first-order chi connectivity index (χ1) is 8.99. The zero-order valence-electron chi connectivity index (χ0n) is 10.6. The minimum atomic E-state index is -4.05. The molecule has 0 saturated carbocycles. The van der Waals surface area contributed by atoms with Gasteiger partial charge in [0.2, 0.25) is 0 Å². The van der Waals surface area contributed by atoms with E-state index in [0.29, 0.717) is 32.7 Å². The van der Waals surface area contributed by atoms with Gasteiger partial charge in [-0.15, -0.1) is 5.10 Å². The van der Waals surface area contributed by atoms with E-state index in [-0.39, 0.29) is 12.8 Å². The molecule has 1 fully saturated rings. The number of nitrogens with zero attached hydrogens (tertiary/aromatic N) is 4. The molecule has 0 radical (unpaired) electrons. The van der Waals surface area contributed by atoms with Gasteiger partial charge in [0, 0.05) is 19.3 Å². The highest BCUT2D eigenvalue weighted by molar-refractivity contribution is 4.90. The SMILES string of the molecule is NCc1cn(CCN2CCC(C(F)(F)F)CC2)nn1. The van der Waals surface area contributed by atoms with E-state index in [4.69, 9.17) is 5.73 Å². The van der Waals surface area contributed by atoms with Crippen LogP contribution in [0.25, 0.3) is 0 Å². The zero-order valence-corrected chi connectivity index (χ0v) is 10.6. The van der Waals surface area contributed by atoms with Crippen molar-refractivity contribution >= 4 is 0 Å². The van der Waals surface area contributed by atoms with Crippen molar-refractivity contribution in [3.63, 3.8) is 0 Å². The van der Waals surface area contributed by atoms with Gasteiger partial charge in [0.05, 0.1) is 18.2 Å². The Morgan fingerprint density at radius 1 is 1.26 bits per heavy atom. The first kappa shape index (κ1) is 14.3. The number of halogens is 3. The van der Waals surface area contributed by atoms with Gasteiger partial charge in [-0.3, -0.25) is 4.68 Å². The highest BCUT2D eigenvalue weighted by Gasteiger charge is 2.40. The predicted molar refractivity (Wildman–Crippen MR) is 63.1 cm³/mol. The van der Waals surface area contributed by atoms with Gasteiger partial charge in [-0.1, -0.05) is 5.21 Å². The molecule has 0 aromatic carbocycles. The lowest BCUT2D eigenvalue weighted by atomic mass is 9.96. The van der Waals surface area contributed by atoms with Crippen LogP contribution in [0.4, 0.5) is 13.2 Å². The van der Waals surface area contributed by atoms with Crippen LogP contribution in [-0.4, -0.2) is 45.7 Å². The van der Waals surface area contributed by atoms with Crippen molar-refractivity contribution in [3.05, 3.63) is 11.9 Å². The highest BCUT2D eigenvalue weighted by atomic mass is 19.4. The van der Waals surface area contributed by atoms with Crippen molar-refractivity contribution in [1.29, 1.82) is 0 Å². The second kappa shape index (κ2) is 5.87.